The average Bonchev–Trinajstić information content (AvgIpc) is 2.65. The van der Waals surface area contributed by atoms with Gasteiger partial charge in [0.05, 0.1) is 19.2 Å². The molecule has 0 unspecified atom stereocenters. The second-order valence-electron chi connectivity index (χ2n) is 2.91. The summed E-state index contributed by atoms with van der Waals surface area (Å²) in [6, 6.07) is 1.65. The molecule has 1 aromatic heterocycles. The minimum atomic E-state index is -0.394. The molecule has 1 N–H and O–H groups in total. The number of methoxy groups -OCH3 is 1. The fraction of sp³-hybridized carbons (Fsp3) is 0.300. The molecule has 0 saturated heterocycles. The zero-order valence-corrected chi connectivity index (χ0v) is 9.96. The van der Waals surface area contributed by atoms with Gasteiger partial charge in [0.25, 0.3) is 0 Å². The van der Waals surface area contributed by atoms with Gasteiger partial charge in [-0.1, -0.05) is 22.5 Å². The molecule has 0 spiro atoms. The highest BCUT2D eigenvalue weighted by molar-refractivity contribution is 9.11. The Balaban J connectivity index is 2.46. The van der Waals surface area contributed by atoms with E-state index in [0.29, 0.717) is 24.4 Å². The summed E-state index contributed by atoms with van der Waals surface area (Å²) in [5, 5.41) is 3.08. The Bertz CT molecular complexity index is 359. The first-order chi connectivity index (χ1) is 7.13. The summed E-state index contributed by atoms with van der Waals surface area (Å²) in [5.74, 6) is 0.291. The second kappa shape index (κ2) is 5.72. The number of carbonyl (C=O) groups is 1. The molecule has 0 amide bonds. The van der Waals surface area contributed by atoms with E-state index in [0.717, 1.165) is 4.48 Å². The Kier molecular flexibility index (Phi) is 4.58. The van der Waals surface area contributed by atoms with Gasteiger partial charge in [0.2, 0.25) is 0 Å². The molecule has 1 heterocycles. The van der Waals surface area contributed by atoms with Crippen LogP contribution >= 0.6 is 15.9 Å². The van der Waals surface area contributed by atoms with E-state index < -0.39 is 5.97 Å². The molecule has 4 nitrogen and oxygen atoms in total. The lowest BCUT2D eigenvalue weighted by atomic mass is 10.3. The molecule has 5 heteroatoms. The summed E-state index contributed by atoms with van der Waals surface area (Å²) in [6.45, 7) is 4.87. The molecular formula is C10H12BrNO3. The third kappa shape index (κ3) is 3.89. The zero-order chi connectivity index (χ0) is 11.3. The summed E-state index contributed by atoms with van der Waals surface area (Å²) >= 11 is 3.23. The van der Waals surface area contributed by atoms with Crippen molar-refractivity contribution in [3.63, 3.8) is 0 Å². The van der Waals surface area contributed by atoms with Crippen LogP contribution in [-0.4, -0.2) is 19.6 Å². The monoisotopic (exact) mass is 273 g/mol. The molecule has 1 rings (SSSR count). The molecule has 0 fully saturated rings. The Morgan fingerprint density at radius 2 is 2.47 bits per heavy atom. The highest BCUT2D eigenvalue weighted by atomic mass is 79.9. The van der Waals surface area contributed by atoms with Crippen LogP contribution in [0.15, 0.2) is 27.8 Å². The van der Waals surface area contributed by atoms with Crippen LogP contribution in [0.2, 0.25) is 0 Å². The maximum absolute atomic E-state index is 11.1. The average molecular weight is 274 g/mol. The van der Waals surface area contributed by atoms with Crippen molar-refractivity contribution < 1.29 is 13.9 Å². The smallest absolute Gasteiger partial charge is 0.341 e. The van der Waals surface area contributed by atoms with Gasteiger partial charge in [-0.25, -0.2) is 4.79 Å². The van der Waals surface area contributed by atoms with E-state index in [2.05, 4.69) is 32.6 Å². The van der Waals surface area contributed by atoms with Crippen molar-refractivity contribution in [3.05, 3.63) is 34.7 Å². The first-order valence-corrected chi connectivity index (χ1v) is 5.12. The van der Waals surface area contributed by atoms with Gasteiger partial charge >= 0.3 is 5.97 Å². The summed E-state index contributed by atoms with van der Waals surface area (Å²) < 4.78 is 10.6. The van der Waals surface area contributed by atoms with Crippen LogP contribution in [0.1, 0.15) is 16.1 Å². The molecule has 0 aliphatic heterocycles. The van der Waals surface area contributed by atoms with E-state index in [-0.39, 0.29) is 0 Å². The molecule has 0 saturated carbocycles. The minimum Gasteiger partial charge on any atom is -0.467 e. The van der Waals surface area contributed by atoms with Gasteiger partial charge in [-0.2, -0.15) is 0 Å². The number of furan rings is 1. The van der Waals surface area contributed by atoms with Crippen molar-refractivity contribution in [2.45, 2.75) is 6.54 Å². The lowest BCUT2D eigenvalue weighted by Crippen LogP contribution is -2.13. The number of hydrogen-bond acceptors (Lipinski definition) is 4. The third-order valence-corrected chi connectivity index (χ3v) is 1.97. The van der Waals surface area contributed by atoms with Gasteiger partial charge in [0.15, 0.2) is 0 Å². The van der Waals surface area contributed by atoms with E-state index in [1.807, 2.05) is 0 Å². The number of ether oxygens (including phenoxy) is 1. The largest absolute Gasteiger partial charge is 0.467 e. The highest BCUT2D eigenvalue weighted by Gasteiger charge is 2.09. The van der Waals surface area contributed by atoms with Crippen LogP contribution < -0.4 is 5.32 Å². The minimum absolute atomic E-state index is 0.394. The Hall–Kier alpha value is -1.07. The maximum atomic E-state index is 11.1. The van der Waals surface area contributed by atoms with E-state index in [9.17, 15) is 4.79 Å². The summed E-state index contributed by atoms with van der Waals surface area (Å²) in [5.41, 5.74) is 0.423. The van der Waals surface area contributed by atoms with E-state index in [1.165, 1.54) is 13.4 Å². The molecular weight excluding hydrogens is 262 g/mol. The zero-order valence-electron chi connectivity index (χ0n) is 8.38. The van der Waals surface area contributed by atoms with Gasteiger partial charge in [-0.05, 0) is 6.07 Å². The van der Waals surface area contributed by atoms with Gasteiger partial charge in [-0.3, -0.25) is 0 Å². The molecule has 0 atom stereocenters. The maximum Gasteiger partial charge on any atom is 0.341 e. The number of halogens is 1. The van der Waals surface area contributed by atoms with Crippen LogP contribution in [0, 0.1) is 0 Å². The van der Waals surface area contributed by atoms with E-state index >= 15 is 0 Å². The van der Waals surface area contributed by atoms with E-state index in [1.54, 1.807) is 6.07 Å². The molecule has 0 radical (unpaired) electrons. The van der Waals surface area contributed by atoms with Gasteiger partial charge in [-0.15, -0.1) is 0 Å². The van der Waals surface area contributed by atoms with E-state index in [4.69, 9.17) is 4.42 Å². The molecule has 0 aromatic carbocycles. The lowest BCUT2D eigenvalue weighted by Gasteiger charge is -1.99. The molecule has 15 heavy (non-hydrogen) atoms. The van der Waals surface area contributed by atoms with Crippen molar-refractivity contribution in [2.75, 3.05) is 13.7 Å². The van der Waals surface area contributed by atoms with Gasteiger partial charge in [0, 0.05) is 11.0 Å². The predicted octanol–water partition coefficient (Wildman–Crippen LogP) is 2.06. The molecule has 1 aromatic rings. The molecule has 0 aliphatic carbocycles. The van der Waals surface area contributed by atoms with Crippen molar-refractivity contribution >= 4 is 21.9 Å². The van der Waals surface area contributed by atoms with Crippen molar-refractivity contribution in [2.24, 2.45) is 0 Å². The third-order valence-electron chi connectivity index (χ3n) is 1.69. The standard InChI is InChI=1S/C10H12BrNO3/c1-7(11)4-12-5-9-3-8(6-15-9)10(13)14-2/h3,6,12H,1,4-5H2,2H3. The fourth-order valence-electron chi connectivity index (χ4n) is 1.02. The van der Waals surface area contributed by atoms with Crippen LogP contribution in [0.5, 0.6) is 0 Å². The van der Waals surface area contributed by atoms with Crippen molar-refractivity contribution in [1.29, 1.82) is 0 Å². The Morgan fingerprint density at radius 1 is 1.73 bits per heavy atom. The first-order valence-electron chi connectivity index (χ1n) is 4.33. The van der Waals surface area contributed by atoms with Crippen molar-refractivity contribution in [1.82, 2.24) is 5.32 Å². The summed E-state index contributed by atoms with van der Waals surface area (Å²) in [6.07, 6.45) is 1.38. The summed E-state index contributed by atoms with van der Waals surface area (Å²) in [7, 11) is 1.34. The quantitative estimate of drug-likeness (QED) is 0.835. The second-order valence-corrected chi connectivity index (χ2v) is 4.04. The summed E-state index contributed by atoms with van der Waals surface area (Å²) in [4.78, 5) is 11.1. The lowest BCUT2D eigenvalue weighted by molar-refractivity contribution is 0.0600. The van der Waals surface area contributed by atoms with Crippen LogP contribution in [0.25, 0.3) is 0 Å². The van der Waals surface area contributed by atoms with Crippen molar-refractivity contribution in [3.8, 4) is 0 Å². The number of hydrogen-bond donors (Lipinski definition) is 1. The van der Waals surface area contributed by atoms with Crippen LogP contribution in [-0.2, 0) is 11.3 Å². The van der Waals surface area contributed by atoms with Gasteiger partial charge in [0.1, 0.15) is 12.0 Å². The number of carbonyl (C=O) groups excluding carboxylic acids is 1. The Labute approximate surface area is 96.4 Å². The van der Waals surface area contributed by atoms with Crippen LogP contribution in [0.3, 0.4) is 0 Å². The fourth-order valence-corrected chi connectivity index (χ4v) is 1.22. The van der Waals surface area contributed by atoms with Crippen LogP contribution in [0.4, 0.5) is 0 Å². The first kappa shape index (κ1) is 12.0. The molecule has 82 valence electrons. The molecule has 0 aliphatic rings. The normalized spacial score (nSPS) is 10.0. The van der Waals surface area contributed by atoms with Gasteiger partial charge < -0.3 is 14.5 Å². The number of rotatable bonds is 5. The molecule has 0 bridgehead atoms. The topological polar surface area (TPSA) is 51.5 Å². The SMILES string of the molecule is C=C(Br)CNCc1cc(C(=O)OC)co1. The predicted molar refractivity (Wildman–Crippen MR) is 59.8 cm³/mol. The highest BCUT2D eigenvalue weighted by Crippen LogP contribution is 2.09. The number of nitrogens with one attached hydrogen (secondary N) is 1. The number of esters is 1. The Morgan fingerprint density at radius 3 is 3.07 bits per heavy atom.